The summed E-state index contributed by atoms with van der Waals surface area (Å²) in [5.41, 5.74) is 0.267. The summed E-state index contributed by atoms with van der Waals surface area (Å²) in [7, 11) is 0. The Kier molecular flexibility index (Phi) is 5.91. The summed E-state index contributed by atoms with van der Waals surface area (Å²) in [5.74, 6) is -0.130. The Morgan fingerprint density at radius 3 is 1.93 bits per heavy atom. The van der Waals surface area contributed by atoms with E-state index >= 15 is 0 Å². The van der Waals surface area contributed by atoms with Crippen molar-refractivity contribution >= 4 is 51.0 Å². The Hall–Kier alpha value is -3.29. The summed E-state index contributed by atoms with van der Waals surface area (Å²) in [5, 5.41) is 11.7. The van der Waals surface area contributed by atoms with Crippen LogP contribution in [0.2, 0.25) is 10.0 Å². The van der Waals surface area contributed by atoms with E-state index in [-0.39, 0.29) is 16.9 Å². The van der Waals surface area contributed by atoms with Gasteiger partial charge in [0.1, 0.15) is 5.75 Å². The highest BCUT2D eigenvalue weighted by atomic mass is 35.5. The van der Waals surface area contributed by atoms with E-state index < -0.39 is 5.97 Å². The summed E-state index contributed by atoms with van der Waals surface area (Å²) < 4.78 is 4.97. The molecule has 9 heteroatoms. The lowest BCUT2D eigenvalue weighted by atomic mass is 10.2. The van der Waals surface area contributed by atoms with Crippen molar-refractivity contribution in [3.63, 3.8) is 0 Å². The van der Waals surface area contributed by atoms with Crippen molar-refractivity contribution in [2.75, 3.05) is 0 Å². The zero-order chi connectivity index (χ0) is 21.1. The predicted molar refractivity (Wildman–Crippen MR) is 112 cm³/mol. The molecule has 0 bridgehead atoms. The number of ether oxygens (including phenoxy) is 1. The van der Waals surface area contributed by atoms with Gasteiger partial charge in [-0.15, -0.1) is 0 Å². The molecule has 4 rings (SSSR count). The SMILES string of the molecule is CC(=O)Oc1ccc(Cl)c2ccc(=O)[nH]c12.O=c1ccc2c(Cl)ccc(O)c2[nH]1. The minimum absolute atomic E-state index is 0.0251. The molecule has 0 fully saturated rings. The lowest BCUT2D eigenvalue weighted by Gasteiger charge is -2.06. The molecular formula is C20H14Cl2N2O5. The highest BCUT2D eigenvalue weighted by molar-refractivity contribution is 6.36. The molecule has 0 unspecified atom stereocenters. The molecule has 0 saturated carbocycles. The number of carbonyl (C=O) groups is 1. The number of pyridine rings is 2. The van der Waals surface area contributed by atoms with Crippen LogP contribution in [0.1, 0.15) is 6.92 Å². The van der Waals surface area contributed by atoms with Crippen LogP contribution in [0.15, 0.2) is 58.1 Å². The van der Waals surface area contributed by atoms with E-state index in [2.05, 4.69) is 9.97 Å². The van der Waals surface area contributed by atoms with Crippen molar-refractivity contribution in [3.05, 3.63) is 79.3 Å². The molecule has 2 aromatic heterocycles. The van der Waals surface area contributed by atoms with Crippen molar-refractivity contribution in [3.8, 4) is 11.5 Å². The first-order chi connectivity index (χ1) is 13.8. The van der Waals surface area contributed by atoms with Gasteiger partial charge in [-0.1, -0.05) is 23.2 Å². The number of esters is 1. The van der Waals surface area contributed by atoms with Crippen LogP contribution < -0.4 is 15.9 Å². The number of halogens is 2. The first-order valence-electron chi connectivity index (χ1n) is 8.26. The number of H-pyrrole nitrogens is 2. The Bertz CT molecular complexity index is 1340. The molecular weight excluding hydrogens is 419 g/mol. The molecule has 0 spiro atoms. The maximum Gasteiger partial charge on any atom is 0.308 e. The van der Waals surface area contributed by atoms with Gasteiger partial charge >= 0.3 is 5.97 Å². The lowest BCUT2D eigenvalue weighted by molar-refractivity contribution is -0.131. The van der Waals surface area contributed by atoms with Gasteiger partial charge in [-0.3, -0.25) is 14.4 Å². The van der Waals surface area contributed by atoms with Gasteiger partial charge in [0.05, 0.1) is 21.1 Å². The summed E-state index contributed by atoms with van der Waals surface area (Å²) in [6.07, 6.45) is 0. The van der Waals surface area contributed by atoms with Crippen molar-refractivity contribution in [2.24, 2.45) is 0 Å². The lowest BCUT2D eigenvalue weighted by Crippen LogP contribution is -2.07. The third kappa shape index (κ3) is 4.59. The average Bonchev–Trinajstić information content (AvgIpc) is 2.67. The zero-order valence-electron chi connectivity index (χ0n) is 15.0. The van der Waals surface area contributed by atoms with Crippen LogP contribution in [0.25, 0.3) is 21.8 Å². The molecule has 0 atom stereocenters. The predicted octanol–water partition coefficient (Wildman–Crippen LogP) is 3.99. The van der Waals surface area contributed by atoms with Gasteiger partial charge in [-0.2, -0.15) is 0 Å². The molecule has 0 aliphatic rings. The molecule has 0 aliphatic heterocycles. The van der Waals surface area contributed by atoms with Crippen molar-refractivity contribution < 1.29 is 14.6 Å². The van der Waals surface area contributed by atoms with Crippen LogP contribution in [-0.4, -0.2) is 21.0 Å². The Labute approximate surface area is 173 Å². The number of rotatable bonds is 1. The number of carbonyl (C=O) groups excluding carboxylic acids is 1. The summed E-state index contributed by atoms with van der Waals surface area (Å²) in [4.78, 5) is 38.1. The van der Waals surface area contributed by atoms with E-state index in [1.807, 2.05) is 0 Å². The van der Waals surface area contributed by atoms with Gasteiger partial charge in [0.25, 0.3) is 0 Å². The van der Waals surface area contributed by atoms with E-state index in [1.54, 1.807) is 30.3 Å². The molecule has 0 aliphatic carbocycles. The number of hydrogen-bond acceptors (Lipinski definition) is 5. The van der Waals surface area contributed by atoms with Gasteiger partial charge in [0.15, 0.2) is 5.75 Å². The first kappa shape index (κ1) is 20.4. The summed E-state index contributed by atoms with van der Waals surface area (Å²) >= 11 is 11.8. The zero-order valence-corrected chi connectivity index (χ0v) is 16.5. The minimum Gasteiger partial charge on any atom is -0.506 e. The van der Waals surface area contributed by atoms with Gasteiger partial charge in [-0.25, -0.2) is 0 Å². The van der Waals surface area contributed by atoms with Crippen LogP contribution in [0.5, 0.6) is 11.5 Å². The summed E-state index contributed by atoms with van der Waals surface area (Å²) in [6, 6.07) is 12.1. The number of nitrogens with one attached hydrogen (secondary N) is 2. The van der Waals surface area contributed by atoms with Crippen LogP contribution in [0.3, 0.4) is 0 Å². The number of hydrogen-bond donors (Lipinski definition) is 3. The molecule has 0 radical (unpaired) electrons. The Balaban J connectivity index is 0.000000169. The molecule has 0 saturated heterocycles. The molecule has 4 aromatic rings. The van der Waals surface area contributed by atoms with E-state index in [4.69, 9.17) is 27.9 Å². The third-order valence-electron chi connectivity index (χ3n) is 3.88. The van der Waals surface area contributed by atoms with Crippen molar-refractivity contribution in [1.29, 1.82) is 0 Å². The van der Waals surface area contributed by atoms with Crippen LogP contribution in [0.4, 0.5) is 0 Å². The molecule has 29 heavy (non-hydrogen) atoms. The first-order valence-corrected chi connectivity index (χ1v) is 9.02. The second kappa shape index (κ2) is 8.38. The van der Waals surface area contributed by atoms with Crippen LogP contribution in [0, 0.1) is 0 Å². The van der Waals surface area contributed by atoms with E-state index in [0.29, 0.717) is 37.6 Å². The van der Waals surface area contributed by atoms with E-state index in [0.717, 1.165) is 0 Å². The minimum atomic E-state index is -0.451. The molecule has 2 heterocycles. The van der Waals surface area contributed by atoms with Gasteiger partial charge in [0, 0.05) is 29.8 Å². The Morgan fingerprint density at radius 1 is 0.828 bits per heavy atom. The maximum atomic E-state index is 11.2. The largest absolute Gasteiger partial charge is 0.506 e. The number of aromatic amines is 2. The van der Waals surface area contributed by atoms with Crippen molar-refractivity contribution in [1.82, 2.24) is 9.97 Å². The topological polar surface area (TPSA) is 112 Å². The normalized spacial score (nSPS) is 10.4. The molecule has 7 nitrogen and oxygen atoms in total. The second-order valence-corrected chi connectivity index (χ2v) is 6.74. The molecule has 3 N–H and O–H groups in total. The summed E-state index contributed by atoms with van der Waals surface area (Å²) in [6.45, 7) is 1.29. The monoisotopic (exact) mass is 432 g/mol. The molecule has 0 amide bonds. The number of phenolic OH excluding ortho intramolecular Hbond substituents is 1. The number of aromatic hydroxyl groups is 1. The standard InChI is InChI=1S/C11H8ClNO3.C9H6ClNO2/c1-6(14)16-9-4-3-8(12)7-2-5-10(15)13-11(7)9;10-6-2-3-7(12)9-5(6)1-4-8(13)11-9/h2-5H,1H3,(H,13,15);1-4,12H,(H,11,13). The van der Waals surface area contributed by atoms with E-state index in [1.165, 1.54) is 25.1 Å². The number of fused-ring (bicyclic) bond motifs is 2. The Morgan fingerprint density at radius 2 is 1.34 bits per heavy atom. The average molecular weight is 433 g/mol. The van der Waals surface area contributed by atoms with Crippen LogP contribution in [-0.2, 0) is 4.79 Å². The maximum absolute atomic E-state index is 11.2. The van der Waals surface area contributed by atoms with Crippen LogP contribution >= 0.6 is 23.2 Å². The van der Waals surface area contributed by atoms with Gasteiger partial charge in [-0.05, 0) is 36.4 Å². The van der Waals surface area contributed by atoms with Gasteiger partial charge in [0.2, 0.25) is 11.1 Å². The van der Waals surface area contributed by atoms with Gasteiger partial charge < -0.3 is 19.8 Å². The highest BCUT2D eigenvalue weighted by Gasteiger charge is 2.08. The highest BCUT2D eigenvalue weighted by Crippen LogP contribution is 2.29. The third-order valence-corrected chi connectivity index (χ3v) is 4.54. The number of benzene rings is 2. The molecule has 148 valence electrons. The smallest absolute Gasteiger partial charge is 0.308 e. The van der Waals surface area contributed by atoms with E-state index in [9.17, 15) is 19.5 Å². The fourth-order valence-corrected chi connectivity index (χ4v) is 3.07. The number of phenols is 1. The molecule has 2 aromatic carbocycles. The quantitative estimate of drug-likeness (QED) is 0.310. The second-order valence-electron chi connectivity index (χ2n) is 5.93. The fraction of sp³-hybridized carbons (Fsp3) is 0.0500. The fourth-order valence-electron chi connectivity index (χ4n) is 2.63. The number of aromatic nitrogens is 2. The van der Waals surface area contributed by atoms with Crippen molar-refractivity contribution in [2.45, 2.75) is 6.92 Å².